The van der Waals surface area contributed by atoms with Crippen LogP contribution >= 0.6 is 11.6 Å². The molecule has 3 aromatic rings. The van der Waals surface area contributed by atoms with E-state index in [0.29, 0.717) is 48.4 Å². The molecule has 1 saturated heterocycles. The van der Waals surface area contributed by atoms with Gasteiger partial charge in [0.25, 0.3) is 0 Å². The Morgan fingerprint density at radius 1 is 1.30 bits per heavy atom. The van der Waals surface area contributed by atoms with Crippen molar-refractivity contribution < 1.29 is 19.4 Å². The molecule has 156 valence electrons. The van der Waals surface area contributed by atoms with Gasteiger partial charge in [-0.1, -0.05) is 23.7 Å². The van der Waals surface area contributed by atoms with Crippen LogP contribution in [0.3, 0.4) is 0 Å². The van der Waals surface area contributed by atoms with Crippen LogP contribution in [0.1, 0.15) is 17.8 Å². The molecule has 0 bridgehead atoms. The summed E-state index contributed by atoms with van der Waals surface area (Å²) in [7, 11) is 0. The number of hydrogen-bond acceptors (Lipinski definition) is 6. The zero-order valence-electron chi connectivity index (χ0n) is 16.1. The molecule has 9 heteroatoms. The first-order valence-electron chi connectivity index (χ1n) is 9.78. The fourth-order valence-corrected chi connectivity index (χ4v) is 4.22. The van der Waals surface area contributed by atoms with Gasteiger partial charge < -0.3 is 24.9 Å². The Bertz CT molecular complexity index is 1070. The molecule has 0 spiro atoms. The van der Waals surface area contributed by atoms with Crippen LogP contribution in [0.5, 0.6) is 11.5 Å². The summed E-state index contributed by atoms with van der Waals surface area (Å²) in [5.74, 6) is 1.79. The minimum atomic E-state index is -0.570. The van der Waals surface area contributed by atoms with Gasteiger partial charge in [0.1, 0.15) is 5.82 Å². The second-order valence-corrected chi connectivity index (χ2v) is 7.96. The number of rotatable bonds is 5. The maximum atomic E-state index is 12.9. The van der Waals surface area contributed by atoms with E-state index in [1.807, 2.05) is 35.2 Å². The van der Waals surface area contributed by atoms with Crippen molar-refractivity contribution in [3.8, 4) is 11.5 Å². The van der Waals surface area contributed by atoms with Crippen LogP contribution in [-0.2, 0) is 17.9 Å². The van der Waals surface area contributed by atoms with E-state index in [2.05, 4.69) is 15.3 Å². The smallest absolute Gasteiger partial charge is 0.237 e. The number of aromatic nitrogens is 2. The Balaban J connectivity index is 1.27. The van der Waals surface area contributed by atoms with E-state index >= 15 is 0 Å². The number of nitrogens with one attached hydrogen (secondary N) is 2. The molecule has 8 nitrogen and oxygen atoms in total. The minimum Gasteiger partial charge on any atom is -0.454 e. The van der Waals surface area contributed by atoms with Crippen LogP contribution in [0.15, 0.2) is 36.4 Å². The van der Waals surface area contributed by atoms with Gasteiger partial charge in [0.15, 0.2) is 11.5 Å². The number of carbonyl (C=O) groups is 1. The standard InChI is InChI=1S/C21H21ClN4O4/c22-14-7-19-18(29-11-30-19)5-12(14)9-26-10-13(27)6-17(26)21(28)23-8-20-24-15-3-1-2-4-16(15)25-20/h1-5,7,13,17,27H,6,8-11H2,(H,23,28)(H,24,25)/t13-,17+/m1/s1. The lowest BCUT2D eigenvalue weighted by atomic mass is 10.1. The maximum absolute atomic E-state index is 12.9. The predicted octanol–water partition coefficient (Wildman–Crippen LogP) is 2.20. The summed E-state index contributed by atoms with van der Waals surface area (Å²) < 4.78 is 10.8. The molecule has 3 heterocycles. The van der Waals surface area contributed by atoms with Crippen LogP contribution in [0.4, 0.5) is 0 Å². The number of imidazole rings is 1. The Labute approximate surface area is 177 Å². The van der Waals surface area contributed by atoms with E-state index in [1.54, 1.807) is 6.07 Å². The van der Waals surface area contributed by atoms with Crippen LogP contribution < -0.4 is 14.8 Å². The summed E-state index contributed by atoms with van der Waals surface area (Å²) in [5.41, 5.74) is 2.61. The summed E-state index contributed by atoms with van der Waals surface area (Å²) >= 11 is 6.39. The molecule has 2 atom stereocenters. The fraction of sp³-hybridized carbons (Fsp3) is 0.333. The van der Waals surface area contributed by atoms with Crippen molar-refractivity contribution in [2.45, 2.75) is 31.7 Å². The number of β-amino-alcohol motifs (C(OH)–C–C–N with tert-alkyl or cyclic N) is 1. The zero-order chi connectivity index (χ0) is 20.7. The third-order valence-electron chi connectivity index (χ3n) is 5.47. The van der Waals surface area contributed by atoms with Gasteiger partial charge >= 0.3 is 0 Å². The summed E-state index contributed by atoms with van der Waals surface area (Å²) in [4.78, 5) is 22.5. The summed E-state index contributed by atoms with van der Waals surface area (Å²) in [5, 5.41) is 13.7. The van der Waals surface area contributed by atoms with E-state index in [0.717, 1.165) is 16.6 Å². The van der Waals surface area contributed by atoms with Gasteiger partial charge in [-0.05, 0) is 30.2 Å². The number of nitrogens with zero attached hydrogens (tertiary/aromatic N) is 2. The molecule has 0 saturated carbocycles. The Morgan fingerprint density at radius 2 is 2.10 bits per heavy atom. The topological polar surface area (TPSA) is 99.7 Å². The van der Waals surface area contributed by atoms with Crippen LogP contribution in [0.2, 0.25) is 5.02 Å². The van der Waals surface area contributed by atoms with Gasteiger partial charge in [0, 0.05) is 24.2 Å². The van der Waals surface area contributed by atoms with E-state index in [-0.39, 0.29) is 12.7 Å². The summed E-state index contributed by atoms with van der Waals surface area (Å²) in [6.45, 7) is 1.28. The number of aliphatic hydroxyl groups excluding tert-OH is 1. The first kappa shape index (κ1) is 19.2. The van der Waals surface area contributed by atoms with Crippen molar-refractivity contribution in [3.63, 3.8) is 0 Å². The number of aromatic amines is 1. The van der Waals surface area contributed by atoms with Crippen LogP contribution in [0.25, 0.3) is 11.0 Å². The third kappa shape index (κ3) is 3.69. The Hall–Kier alpha value is -2.81. The number of fused-ring (bicyclic) bond motifs is 2. The number of likely N-dealkylation sites (tertiary alicyclic amines) is 1. The van der Waals surface area contributed by atoms with Crippen LogP contribution in [-0.4, -0.2) is 51.4 Å². The third-order valence-corrected chi connectivity index (χ3v) is 5.82. The SMILES string of the molecule is O=C(NCc1nc2ccccc2[nH]1)[C@@H]1C[C@@H](O)CN1Cc1cc2c(cc1Cl)OCO2. The van der Waals surface area contributed by atoms with E-state index < -0.39 is 12.1 Å². The highest BCUT2D eigenvalue weighted by atomic mass is 35.5. The first-order chi connectivity index (χ1) is 14.6. The Kier molecular flexibility index (Phi) is 4.98. The average Bonchev–Trinajstić information content (AvgIpc) is 3.44. The summed E-state index contributed by atoms with van der Waals surface area (Å²) in [6, 6.07) is 10.8. The highest BCUT2D eigenvalue weighted by Gasteiger charge is 2.36. The van der Waals surface area contributed by atoms with E-state index in [9.17, 15) is 9.90 Å². The lowest BCUT2D eigenvalue weighted by Gasteiger charge is -2.23. The molecule has 0 unspecified atom stereocenters. The number of ether oxygens (including phenoxy) is 2. The Morgan fingerprint density at radius 3 is 2.93 bits per heavy atom. The summed E-state index contributed by atoms with van der Waals surface area (Å²) in [6.07, 6.45) is -0.201. The number of H-pyrrole nitrogens is 1. The molecule has 2 aromatic carbocycles. The number of para-hydroxylation sites is 2. The number of aliphatic hydroxyl groups is 1. The van der Waals surface area contributed by atoms with Crippen molar-refractivity contribution in [1.29, 1.82) is 0 Å². The van der Waals surface area contributed by atoms with Crippen LogP contribution in [0, 0.1) is 0 Å². The predicted molar refractivity (Wildman–Crippen MR) is 110 cm³/mol. The van der Waals surface area contributed by atoms with Crippen molar-refractivity contribution in [3.05, 3.63) is 52.8 Å². The molecule has 2 aliphatic heterocycles. The molecule has 1 amide bonds. The highest BCUT2D eigenvalue weighted by Crippen LogP contribution is 2.37. The molecule has 2 aliphatic rings. The van der Waals surface area contributed by atoms with Gasteiger partial charge in [-0.3, -0.25) is 9.69 Å². The van der Waals surface area contributed by atoms with Crippen molar-refractivity contribution in [2.75, 3.05) is 13.3 Å². The molecular formula is C21H21ClN4O4. The largest absolute Gasteiger partial charge is 0.454 e. The number of hydrogen-bond donors (Lipinski definition) is 3. The van der Waals surface area contributed by atoms with Gasteiger partial charge in [0.05, 0.1) is 29.7 Å². The molecule has 5 rings (SSSR count). The number of benzene rings is 2. The highest BCUT2D eigenvalue weighted by molar-refractivity contribution is 6.31. The molecule has 30 heavy (non-hydrogen) atoms. The normalized spacial score (nSPS) is 20.7. The van der Waals surface area contributed by atoms with Gasteiger partial charge in [-0.15, -0.1) is 0 Å². The second-order valence-electron chi connectivity index (χ2n) is 7.55. The molecule has 1 fully saturated rings. The van der Waals surface area contributed by atoms with Crippen molar-refractivity contribution >= 4 is 28.5 Å². The number of carbonyl (C=O) groups excluding carboxylic acids is 1. The lowest BCUT2D eigenvalue weighted by molar-refractivity contribution is -0.125. The monoisotopic (exact) mass is 428 g/mol. The van der Waals surface area contributed by atoms with Crippen molar-refractivity contribution in [2.24, 2.45) is 0 Å². The average molecular weight is 429 g/mol. The van der Waals surface area contributed by atoms with E-state index in [4.69, 9.17) is 21.1 Å². The van der Waals surface area contributed by atoms with Crippen molar-refractivity contribution in [1.82, 2.24) is 20.2 Å². The molecular weight excluding hydrogens is 408 g/mol. The maximum Gasteiger partial charge on any atom is 0.237 e. The fourth-order valence-electron chi connectivity index (χ4n) is 4.00. The molecule has 1 aromatic heterocycles. The number of halogens is 1. The van der Waals surface area contributed by atoms with Gasteiger partial charge in [-0.2, -0.15) is 0 Å². The number of amides is 1. The second kappa shape index (κ2) is 7.79. The lowest BCUT2D eigenvalue weighted by Crippen LogP contribution is -2.42. The quantitative estimate of drug-likeness (QED) is 0.576. The van der Waals surface area contributed by atoms with Gasteiger partial charge in [0.2, 0.25) is 12.7 Å². The molecule has 0 aliphatic carbocycles. The van der Waals surface area contributed by atoms with E-state index in [1.165, 1.54) is 0 Å². The minimum absolute atomic E-state index is 0.149. The molecule has 3 N–H and O–H groups in total. The first-order valence-corrected chi connectivity index (χ1v) is 10.2. The van der Waals surface area contributed by atoms with Gasteiger partial charge in [-0.25, -0.2) is 4.98 Å². The molecule has 0 radical (unpaired) electrons. The zero-order valence-corrected chi connectivity index (χ0v) is 16.9.